The molecule has 0 saturated carbocycles. The number of hydrogen-bond acceptors (Lipinski definition) is 4. The Balaban J connectivity index is 2.44. The smallest absolute Gasteiger partial charge is 0.146 e. The van der Waals surface area contributed by atoms with Crippen LogP contribution in [-0.2, 0) is 0 Å². The summed E-state index contributed by atoms with van der Waals surface area (Å²) in [7, 11) is 0. The van der Waals surface area contributed by atoms with Gasteiger partial charge in [-0.2, -0.15) is 0 Å². The van der Waals surface area contributed by atoms with Crippen molar-refractivity contribution in [3.05, 3.63) is 36.0 Å². The summed E-state index contributed by atoms with van der Waals surface area (Å²) >= 11 is 0. The summed E-state index contributed by atoms with van der Waals surface area (Å²) in [6, 6.07) is 9.30. The molecule has 0 radical (unpaired) electrons. The topological polar surface area (TPSA) is 64.7 Å². The summed E-state index contributed by atoms with van der Waals surface area (Å²) in [6.45, 7) is 1.94. The molecule has 14 heavy (non-hydrogen) atoms. The fourth-order valence-electron chi connectivity index (χ4n) is 1.16. The highest BCUT2D eigenvalue weighted by Crippen LogP contribution is 2.13. The van der Waals surface area contributed by atoms with Crippen LogP contribution in [0.4, 0.5) is 5.82 Å². The second-order valence-corrected chi connectivity index (χ2v) is 3.01. The number of nitrogens with two attached hydrogens (primary N) is 1. The zero-order valence-electron chi connectivity index (χ0n) is 7.81. The first kappa shape index (κ1) is 8.62. The first-order valence-corrected chi connectivity index (χ1v) is 4.29. The van der Waals surface area contributed by atoms with Gasteiger partial charge in [-0.05, 0) is 31.2 Å². The maximum atomic E-state index is 5.44. The van der Waals surface area contributed by atoms with Crippen LogP contribution in [0.15, 0.2) is 30.3 Å². The maximum Gasteiger partial charge on any atom is 0.146 e. The van der Waals surface area contributed by atoms with E-state index in [0.717, 1.165) is 17.1 Å². The Hall–Kier alpha value is -1.97. The van der Waals surface area contributed by atoms with E-state index in [1.165, 1.54) is 0 Å². The molecule has 4 nitrogen and oxygen atoms in total. The normalized spacial score (nSPS) is 10.1. The summed E-state index contributed by atoms with van der Waals surface area (Å²) in [4.78, 5) is 4.33. The second kappa shape index (κ2) is 3.41. The lowest BCUT2D eigenvalue weighted by Crippen LogP contribution is -1.95. The molecule has 4 heteroatoms. The average Bonchev–Trinajstić information content (AvgIpc) is 2.19. The Morgan fingerprint density at radius 1 is 1.00 bits per heavy atom. The van der Waals surface area contributed by atoms with Gasteiger partial charge in [-0.15, -0.1) is 10.2 Å². The minimum absolute atomic E-state index is 0.418. The highest BCUT2D eigenvalue weighted by molar-refractivity contribution is 5.54. The first-order valence-electron chi connectivity index (χ1n) is 4.29. The van der Waals surface area contributed by atoms with E-state index in [2.05, 4.69) is 15.2 Å². The molecule has 2 rings (SSSR count). The molecule has 0 unspecified atom stereocenters. The summed E-state index contributed by atoms with van der Waals surface area (Å²) in [5.74, 6) is 0.418. The average molecular weight is 186 g/mol. The van der Waals surface area contributed by atoms with E-state index < -0.39 is 0 Å². The quantitative estimate of drug-likeness (QED) is 0.731. The maximum absolute atomic E-state index is 5.44. The van der Waals surface area contributed by atoms with E-state index in [1.54, 1.807) is 6.07 Å². The van der Waals surface area contributed by atoms with Crippen LogP contribution in [0.2, 0.25) is 0 Å². The van der Waals surface area contributed by atoms with E-state index >= 15 is 0 Å². The van der Waals surface area contributed by atoms with Crippen LogP contribution < -0.4 is 5.73 Å². The molecule has 2 N–H and O–H groups in total. The van der Waals surface area contributed by atoms with Crippen LogP contribution in [0.3, 0.4) is 0 Å². The molecule has 0 fully saturated rings. The van der Waals surface area contributed by atoms with Crippen molar-refractivity contribution in [2.45, 2.75) is 6.92 Å². The third-order valence-corrected chi connectivity index (χ3v) is 1.84. The summed E-state index contributed by atoms with van der Waals surface area (Å²) < 4.78 is 0. The third-order valence-electron chi connectivity index (χ3n) is 1.84. The van der Waals surface area contributed by atoms with E-state index in [1.807, 2.05) is 31.2 Å². The molecule has 0 aliphatic heterocycles. The Morgan fingerprint density at radius 2 is 1.86 bits per heavy atom. The molecule has 0 amide bonds. The van der Waals surface area contributed by atoms with Crippen molar-refractivity contribution in [2.75, 3.05) is 5.73 Å². The molecule has 70 valence electrons. The first-order chi connectivity index (χ1) is 6.75. The lowest BCUT2D eigenvalue weighted by molar-refractivity contribution is 1.03. The molecule has 0 saturated heterocycles. The predicted molar refractivity (Wildman–Crippen MR) is 54.4 cm³/mol. The van der Waals surface area contributed by atoms with Crippen LogP contribution >= 0.6 is 0 Å². The Bertz CT molecular complexity index is 436. The lowest BCUT2D eigenvalue weighted by atomic mass is 10.2. The number of hydrogen-bond donors (Lipinski definition) is 1. The van der Waals surface area contributed by atoms with Gasteiger partial charge in [0.25, 0.3) is 0 Å². The fraction of sp³-hybridized carbons (Fsp3) is 0.100. The minimum atomic E-state index is 0.418. The van der Waals surface area contributed by atoms with Gasteiger partial charge in [0, 0.05) is 5.69 Å². The van der Waals surface area contributed by atoms with Crippen LogP contribution in [0, 0.1) is 6.92 Å². The van der Waals surface area contributed by atoms with Crippen LogP contribution in [-0.4, -0.2) is 15.2 Å². The Kier molecular flexibility index (Phi) is 2.10. The Labute approximate surface area is 81.8 Å². The van der Waals surface area contributed by atoms with E-state index in [9.17, 15) is 0 Å². The van der Waals surface area contributed by atoms with E-state index in [4.69, 9.17) is 5.73 Å². The molecule has 0 spiro atoms. The molecule has 2 heterocycles. The van der Waals surface area contributed by atoms with Gasteiger partial charge in [-0.1, -0.05) is 6.07 Å². The van der Waals surface area contributed by atoms with Crippen LogP contribution in [0.25, 0.3) is 11.4 Å². The van der Waals surface area contributed by atoms with Gasteiger partial charge in [0.2, 0.25) is 0 Å². The molecule has 0 aliphatic carbocycles. The molecule has 2 aromatic rings. The van der Waals surface area contributed by atoms with Crippen molar-refractivity contribution in [1.82, 2.24) is 15.2 Å². The fourth-order valence-corrected chi connectivity index (χ4v) is 1.16. The molecule has 0 aromatic carbocycles. The Morgan fingerprint density at radius 3 is 2.50 bits per heavy atom. The van der Waals surface area contributed by atoms with Gasteiger partial charge in [0.15, 0.2) is 0 Å². The second-order valence-electron chi connectivity index (χ2n) is 3.01. The van der Waals surface area contributed by atoms with Gasteiger partial charge in [0.1, 0.15) is 11.5 Å². The number of nitrogen functional groups attached to an aromatic ring is 1. The number of aryl methyl sites for hydroxylation is 1. The molecular weight excluding hydrogens is 176 g/mol. The highest BCUT2D eigenvalue weighted by Gasteiger charge is 2.00. The monoisotopic (exact) mass is 186 g/mol. The van der Waals surface area contributed by atoms with Crippen molar-refractivity contribution in [2.24, 2.45) is 0 Å². The molecule has 2 aromatic heterocycles. The standard InChI is InChI=1S/C10H10N4/c1-7-3-2-4-8(12-7)9-5-6-10(11)14-13-9/h2-6H,1H3,(H2,11,14). The van der Waals surface area contributed by atoms with Crippen LogP contribution in [0.1, 0.15) is 5.69 Å². The SMILES string of the molecule is Cc1cccc(-c2ccc(N)nn2)n1. The summed E-state index contributed by atoms with van der Waals surface area (Å²) in [6.07, 6.45) is 0. The van der Waals surface area contributed by atoms with Crippen molar-refractivity contribution < 1.29 is 0 Å². The summed E-state index contributed by atoms with van der Waals surface area (Å²) in [5.41, 5.74) is 7.96. The molecular formula is C10H10N4. The number of nitrogens with zero attached hydrogens (tertiary/aromatic N) is 3. The minimum Gasteiger partial charge on any atom is -0.382 e. The van der Waals surface area contributed by atoms with Gasteiger partial charge in [0.05, 0.1) is 5.69 Å². The third kappa shape index (κ3) is 1.69. The number of rotatable bonds is 1. The summed E-state index contributed by atoms with van der Waals surface area (Å²) in [5, 5.41) is 7.73. The number of aromatic nitrogens is 3. The molecule has 0 atom stereocenters. The van der Waals surface area contributed by atoms with Gasteiger partial charge < -0.3 is 5.73 Å². The van der Waals surface area contributed by atoms with Crippen molar-refractivity contribution >= 4 is 5.82 Å². The van der Waals surface area contributed by atoms with Gasteiger partial charge >= 0.3 is 0 Å². The lowest BCUT2D eigenvalue weighted by Gasteiger charge is -1.99. The van der Waals surface area contributed by atoms with E-state index in [0.29, 0.717) is 5.82 Å². The van der Waals surface area contributed by atoms with Crippen molar-refractivity contribution in [3.63, 3.8) is 0 Å². The molecule has 0 aliphatic rings. The van der Waals surface area contributed by atoms with Gasteiger partial charge in [-0.25, -0.2) is 0 Å². The number of anilines is 1. The highest BCUT2D eigenvalue weighted by atomic mass is 15.1. The van der Waals surface area contributed by atoms with Crippen molar-refractivity contribution in [1.29, 1.82) is 0 Å². The zero-order chi connectivity index (χ0) is 9.97. The van der Waals surface area contributed by atoms with Crippen LogP contribution in [0.5, 0.6) is 0 Å². The van der Waals surface area contributed by atoms with Gasteiger partial charge in [-0.3, -0.25) is 4.98 Å². The molecule has 0 bridgehead atoms. The zero-order valence-corrected chi connectivity index (χ0v) is 7.81. The largest absolute Gasteiger partial charge is 0.382 e. The van der Waals surface area contributed by atoms with Crippen molar-refractivity contribution in [3.8, 4) is 11.4 Å². The van der Waals surface area contributed by atoms with E-state index in [-0.39, 0.29) is 0 Å². The predicted octanol–water partition coefficient (Wildman–Crippen LogP) is 1.43. The number of pyridine rings is 1.